The Morgan fingerprint density at radius 2 is 2.00 bits per heavy atom. The number of hydrogen-bond donors (Lipinski definition) is 1. The van der Waals surface area contributed by atoms with Gasteiger partial charge in [0.05, 0.1) is 22.3 Å². The summed E-state index contributed by atoms with van der Waals surface area (Å²) in [7, 11) is -3.99. The van der Waals surface area contributed by atoms with Crippen LogP contribution in [0.2, 0.25) is 0 Å². The van der Waals surface area contributed by atoms with E-state index in [-0.39, 0.29) is 29.8 Å². The lowest BCUT2D eigenvalue weighted by molar-refractivity contribution is 0.0771. The molecule has 1 fully saturated rings. The number of halogens is 2. The van der Waals surface area contributed by atoms with Crippen LogP contribution in [0.25, 0.3) is 0 Å². The normalized spacial score (nSPS) is 18.0. The highest BCUT2D eigenvalue weighted by atomic mass is 32.2. The van der Waals surface area contributed by atoms with Crippen molar-refractivity contribution >= 4 is 15.9 Å². The zero-order valence-electron chi connectivity index (χ0n) is 16.4. The summed E-state index contributed by atoms with van der Waals surface area (Å²) in [5.74, 6) is -2.71. The van der Waals surface area contributed by atoms with Gasteiger partial charge < -0.3 is 4.90 Å². The third-order valence-corrected chi connectivity index (χ3v) is 7.13. The van der Waals surface area contributed by atoms with Gasteiger partial charge in [0, 0.05) is 32.1 Å². The van der Waals surface area contributed by atoms with E-state index in [1.54, 1.807) is 4.90 Å². The molecule has 1 N–H and O–H groups in total. The summed E-state index contributed by atoms with van der Waals surface area (Å²) in [6.45, 7) is 5.28. The maximum absolute atomic E-state index is 13.5. The number of carbonyl (C=O) groups is 1. The Balaban J connectivity index is 1.86. The number of amides is 1. The highest BCUT2D eigenvalue weighted by Crippen LogP contribution is 2.31. The van der Waals surface area contributed by atoms with Gasteiger partial charge in [-0.3, -0.25) is 9.89 Å². The average Bonchev–Trinajstić information content (AvgIpc) is 3.21. The van der Waals surface area contributed by atoms with Crippen LogP contribution in [-0.4, -0.2) is 59.9 Å². The van der Waals surface area contributed by atoms with Crippen molar-refractivity contribution in [3.05, 3.63) is 47.3 Å². The minimum atomic E-state index is -3.99. The second-order valence-corrected chi connectivity index (χ2v) is 8.89. The summed E-state index contributed by atoms with van der Waals surface area (Å²) in [6, 6.07) is 2.56. The molecule has 0 radical (unpaired) electrons. The monoisotopic (exact) mass is 426 g/mol. The number of hydrogen-bond acceptors (Lipinski definition) is 4. The van der Waals surface area contributed by atoms with E-state index in [0.29, 0.717) is 43.3 Å². The number of aromatic nitrogens is 2. The molecule has 1 aliphatic heterocycles. The Morgan fingerprint density at radius 3 is 2.66 bits per heavy atom. The molecule has 10 heteroatoms. The fourth-order valence-electron chi connectivity index (χ4n) is 3.64. The van der Waals surface area contributed by atoms with E-state index in [1.807, 2.05) is 13.8 Å². The van der Waals surface area contributed by atoms with Crippen LogP contribution in [0, 0.1) is 11.6 Å². The van der Waals surface area contributed by atoms with Crippen LogP contribution in [0.1, 0.15) is 48.7 Å². The van der Waals surface area contributed by atoms with Gasteiger partial charge in [0.15, 0.2) is 11.6 Å². The van der Waals surface area contributed by atoms with Gasteiger partial charge in [-0.05, 0) is 44.9 Å². The molecule has 1 saturated heterocycles. The van der Waals surface area contributed by atoms with Crippen molar-refractivity contribution in [1.82, 2.24) is 19.4 Å². The van der Waals surface area contributed by atoms with Crippen LogP contribution in [0.5, 0.6) is 0 Å². The van der Waals surface area contributed by atoms with E-state index >= 15 is 0 Å². The van der Waals surface area contributed by atoms with E-state index in [2.05, 4.69) is 10.2 Å². The minimum absolute atomic E-state index is 0.127. The quantitative estimate of drug-likeness (QED) is 0.770. The average molecular weight is 426 g/mol. The van der Waals surface area contributed by atoms with Crippen molar-refractivity contribution in [2.24, 2.45) is 0 Å². The number of rotatable bonds is 6. The molecule has 0 aliphatic carbocycles. The predicted molar refractivity (Wildman–Crippen MR) is 103 cm³/mol. The van der Waals surface area contributed by atoms with Crippen LogP contribution in [-0.2, 0) is 10.0 Å². The molecule has 0 saturated carbocycles. The molecule has 1 aliphatic rings. The first-order valence-corrected chi connectivity index (χ1v) is 11.0. The molecule has 1 aromatic carbocycles. The summed E-state index contributed by atoms with van der Waals surface area (Å²) in [5.41, 5.74) is 1.04. The first-order chi connectivity index (χ1) is 13.8. The molecule has 2 heterocycles. The number of carbonyl (C=O) groups excluding carboxylic acids is 1. The Kier molecular flexibility index (Phi) is 6.33. The number of aromatic amines is 1. The molecule has 1 amide bonds. The number of nitrogens with one attached hydrogen (secondary N) is 1. The Bertz CT molecular complexity index is 989. The third-order valence-electron chi connectivity index (χ3n) is 5.27. The highest BCUT2D eigenvalue weighted by Gasteiger charge is 2.34. The van der Waals surface area contributed by atoms with E-state index in [0.717, 1.165) is 12.1 Å². The van der Waals surface area contributed by atoms with Gasteiger partial charge in [-0.15, -0.1) is 0 Å². The summed E-state index contributed by atoms with van der Waals surface area (Å²) in [6.07, 6.45) is 2.73. The van der Waals surface area contributed by atoms with Crippen molar-refractivity contribution in [2.75, 3.05) is 26.2 Å². The molecule has 1 aromatic heterocycles. The van der Waals surface area contributed by atoms with E-state index in [1.165, 1.54) is 10.5 Å². The first-order valence-electron chi connectivity index (χ1n) is 9.57. The van der Waals surface area contributed by atoms with E-state index in [4.69, 9.17) is 0 Å². The highest BCUT2D eigenvalue weighted by molar-refractivity contribution is 7.89. The lowest BCUT2D eigenvalue weighted by Crippen LogP contribution is -2.40. The number of nitrogens with zero attached hydrogens (tertiary/aromatic N) is 3. The van der Waals surface area contributed by atoms with Crippen LogP contribution in [0.4, 0.5) is 8.78 Å². The maximum atomic E-state index is 13.5. The largest absolute Gasteiger partial charge is 0.339 e. The Morgan fingerprint density at radius 1 is 1.28 bits per heavy atom. The molecule has 0 bridgehead atoms. The maximum Gasteiger partial charge on any atom is 0.257 e. The number of sulfonamides is 1. The van der Waals surface area contributed by atoms with Gasteiger partial charge in [-0.1, -0.05) is 0 Å². The minimum Gasteiger partial charge on any atom is -0.339 e. The summed E-state index contributed by atoms with van der Waals surface area (Å²) in [4.78, 5) is 14.1. The summed E-state index contributed by atoms with van der Waals surface area (Å²) in [5, 5.41) is 6.86. The van der Waals surface area contributed by atoms with Crippen LogP contribution < -0.4 is 0 Å². The molecule has 2 aromatic rings. The molecule has 0 spiro atoms. The van der Waals surface area contributed by atoms with Crippen molar-refractivity contribution in [1.29, 1.82) is 0 Å². The van der Waals surface area contributed by atoms with Crippen LogP contribution >= 0.6 is 0 Å². The smallest absolute Gasteiger partial charge is 0.257 e. The van der Waals surface area contributed by atoms with Crippen molar-refractivity contribution in [3.63, 3.8) is 0 Å². The van der Waals surface area contributed by atoms with Gasteiger partial charge in [-0.25, -0.2) is 17.2 Å². The van der Waals surface area contributed by atoms with Gasteiger partial charge in [0.1, 0.15) is 0 Å². The Labute approximate surface area is 168 Å². The van der Waals surface area contributed by atoms with Gasteiger partial charge in [-0.2, -0.15) is 9.40 Å². The molecule has 158 valence electrons. The van der Waals surface area contributed by atoms with E-state index in [9.17, 15) is 22.0 Å². The molecule has 1 unspecified atom stereocenters. The molecule has 3 rings (SSSR count). The lowest BCUT2D eigenvalue weighted by Gasteiger charge is -2.32. The number of H-pyrrole nitrogens is 1. The zero-order chi connectivity index (χ0) is 21.2. The van der Waals surface area contributed by atoms with Crippen molar-refractivity contribution in [2.45, 2.75) is 37.5 Å². The standard InChI is InChI=1S/C19H24F2N4O3S/c1-3-24(4-2)19(26)15-11-22-23-18(15)13-6-5-9-25(12-13)29(27,28)14-7-8-16(20)17(21)10-14/h7-8,10-11,13H,3-6,9,12H2,1-2H3,(H,22,23). The van der Waals surface area contributed by atoms with E-state index < -0.39 is 21.7 Å². The van der Waals surface area contributed by atoms with Crippen LogP contribution in [0.15, 0.2) is 29.3 Å². The van der Waals surface area contributed by atoms with Crippen molar-refractivity contribution < 1.29 is 22.0 Å². The molecular weight excluding hydrogens is 402 g/mol. The second-order valence-electron chi connectivity index (χ2n) is 6.95. The molecule has 1 atom stereocenters. The number of benzene rings is 1. The van der Waals surface area contributed by atoms with Crippen LogP contribution in [0.3, 0.4) is 0 Å². The second kappa shape index (κ2) is 8.58. The molecular formula is C19H24F2N4O3S. The first kappa shape index (κ1) is 21.4. The zero-order valence-corrected chi connectivity index (χ0v) is 17.2. The summed E-state index contributed by atoms with van der Waals surface area (Å²) < 4.78 is 53.8. The SMILES string of the molecule is CCN(CC)C(=O)c1cn[nH]c1C1CCCN(S(=O)(=O)c2ccc(F)c(F)c2)C1. The van der Waals surface area contributed by atoms with Crippen molar-refractivity contribution in [3.8, 4) is 0 Å². The number of piperidine rings is 1. The fraction of sp³-hybridized carbons (Fsp3) is 0.474. The summed E-state index contributed by atoms with van der Waals surface area (Å²) >= 11 is 0. The fourth-order valence-corrected chi connectivity index (χ4v) is 5.18. The Hall–Kier alpha value is -2.33. The third kappa shape index (κ3) is 4.18. The topological polar surface area (TPSA) is 86.4 Å². The molecule has 7 nitrogen and oxygen atoms in total. The van der Waals surface area contributed by atoms with Gasteiger partial charge >= 0.3 is 0 Å². The van der Waals surface area contributed by atoms with Gasteiger partial charge in [0.25, 0.3) is 5.91 Å². The lowest BCUT2D eigenvalue weighted by atomic mass is 9.93. The van der Waals surface area contributed by atoms with Gasteiger partial charge in [0.2, 0.25) is 10.0 Å². The predicted octanol–water partition coefficient (Wildman–Crippen LogP) is 2.74. The molecule has 29 heavy (non-hydrogen) atoms.